The lowest BCUT2D eigenvalue weighted by Crippen LogP contribution is -2.12. The van der Waals surface area contributed by atoms with E-state index in [9.17, 15) is 4.79 Å². The van der Waals surface area contributed by atoms with E-state index in [0.29, 0.717) is 18.0 Å². The molecule has 3 rings (SSSR count). The molecule has 118 valence electrons. The molecule has 0 fully saturated rings. The molecule has 23 heavy (non-hydrogen) atoms. The summed E-state index contributed by atoms with van der Waals surface area (Å²) < 4.78 is 5.55. The number of para-hydroxylation sites is 1. The Balaban J connectivity index is 1.70. The normalized spacial score (nSPS) is 11.1. The number of ether oxygens (including phenoxy) is 1. The van der Waals surface area contributed by atoms with Crippen LogP contribution in [0.2, 0.25) is 0 Å². The predicted molar refractivity (Wildman–Crippen MR) is 90.4 cm³/mol. The van der Waals surface area contributed by atoms with Crippen molar-refractivity contribution in [1.82, 2.24) is 10.2 Å². The van der Waals surface area contributed by atoms with Crippen LogP contribution in [0, 0.1) is 0 Å². The van der Waals surface area contributed by atoms with Crippen molar-refractivity contribution in [2.24, 2.45) is 0 Å². The Morgan fingerprint density at radius 1 is 1.17 bits per heavy atom. The van der Waals surface area contributed by atoms with Gasteiger partial charge in [-0.05, 0) is 43.7 Å². The number of benzene rings is 2. The minimum absolute atomic E-state index is 0.182. The summed E-state index contributed by atoms with van der Waals surface area (Å²) in [5.74, 6) is 0.358. The van der Waals surface area contributed by atoms with Crippen molar-refractivity contribution in [1.29, 1.82) is 0 Å². The highest BCUT2D eigenvalue weighted by Gasteiger charge is 2.11. The molecular weight excluding hydrogens is 290 g/mol. The van der Waals surface area contributed by atoms with E-state index in [2.05, 4.69) is 15.5 Å². The summed E-state index contributed by atoms with van der Waals surface area (Å²) in [6.07, 6.45) is 0.186. The number of hydrogen-bond acceptors (Lipinski definition) is 3. The molecule has 2 aromatic carbocycles. The molecule has 0 unspecified atom stereocenters. The van der Waals surface area contributed by atoms with E-state index < -0.39 is 0 Å². The average Bonchev–Trinajstić information content (AvgIpc) is 2.96. The summed E-state index contributed by atoms with van der Waals surface area (Å²) in [6.45, 7) is 4.54. The molecule has 0 aliphatic rings. The van der Waals surface area contributed by atoms with Crippen molar-refractivity contribution in [3.8, 4) is 0 Å². The van der Waals surface area contributed by atoms with Gasteiger partial charge in [0.1, 0.15) is 0 Å². The van der Waals surface area contributed by atoms with Crippen molar-refractivity contribution >= 4 is 22.6 Å². The first kappa shape index (κ1) is 15.2. The van der Waals surface area contributed by atoms with Crippen molar-refractivity contribution in [3.63, 3.8) is 0 Å². The third kappa shape index (κ3) is 3.57. The van der Waals surface area contributed by atoms with E-state index in [0.717, 1.165) is 16.5 Å². The first-order chi connectivity index (χ1) is 11.1. The highest BCUT2D eigenvalue weighted by atomic mass is 16.5. The first-order valence-electron chi connectivity index (χ1n) is 7.58. The zero-order chi connectivity index (χ0) is 16.2. The van der Waals surface area contributed by atoms with E-state index in [-0.39, 0.29) is 12.0 Å². The van der Waals surface area contributed by atoms with Gasteiger partial charge in [-0.3, -0.25) is 9.89 Å². The molecule has 0 aliphatic heterocycles. The van der Waals surface area contributed by atoms with E-state index in [1.807, 2.05) is 50.2 Å². The second-order valence-corrected chi connectivity index (χ2v) is 5.63. The zero-order valence-corrected chi connectivity index (χ0v) is 13.2. The van der Waals surface area contributed by atoms with Gasteiger partial charge in [0, 0.05) is 10.9 Å². The number of aromatic amines is 1. The summed E-state index contributed by atoms with van der Waals surface area (Å²) in [7, 11) is 0. The van der Waals surface area contributed by atoms with Crippen LogP contribution in [0.15, 0.2) is 48.5 Å². The third-order valence-electron chi connectivity index (χ3n) is 3.50. The quantitative estimate of drug-likeness (QED) is 0.754. The monoisotopic (exact) mass is 309 g/mol. The molecule has 1 heterocycles. The number of amides is 1. The maximum atomic E-state index is 12.3. The predicted octanol–water partition coefficient (Wildman–Crippen LogP) is 3.74. The van der Waals surface area contributed by atoms with Crippen LogP contribution in [0.1, 0.15) is 29.8 Å². The highest BCUT2D eigenvalue weighted by Crippen LogP contribution is 2.20. The zero-order valence-electron chi connectivity index (χ0n) is 13.2. The molecule has 0 spiro atoms. The minimum Gasteiger partial charge on any atom is -0.374 e. The van der Waals surface area contributed by atoms with Gasteiger partial charge in [0.15, 0.2) is 5.82 Å². The van der Waals surface area contributed by atoms with Crippen LogP contribution in [-0.4, -0.2) is 22.2 Å². The van der Waals surface area contributed by atoms with Gasteiger partial charge < -0.3 is 10.1 Å². The third-order valence-corrected chi connectivity index (χ3v) is 3.50. The lowest BCUT2D eigenvalue weighted by molar-refractivity contribution is 0.0657. The number of carbonyl (C=O) groups excluding carboxylic acids is 1. The Bertz CT molecular complexity index is 807. The van der Waals surface area contributed by atoms with Gasteiger partial charge in [0.2, 0.25) is 0 Å². The summed E-state index contributed by atoms with van der Waals surface area (Å²) >= 11 is 0. The number of fused-ring (bicyclic) bond motifs is 1. The Hall–Kier alpha value is -2.66. The Morgan fingerprint density at radius 3 is 2.65 bits per heavy atom. The molecular formula is C18H19N3O2. The van der Waals surface area contributed by atoms with E-state index in [1.54, 1.807) is 12.1 Å². The van der Waals surface area contributed by atoms with Gasteiger partial charge in [0.05, 0.1) is 18.2 Å². The Kier molecular flexibility index (Phi) is 4.39. The summed E-state index contributed by atoms with van der Waals surface area (Å²) in [5.41, 5.74) is 2.52. The van der Waals surface area contributed by atoms with Crippen molar-refractivity contribution in [2.45, 2.75) is 26.6 Å². The average molecular weight is 309 g/mol. The van der Waals surface area contributed by atoms with Crippen molar-refractivity contribution in [2.75, 3.05) is 5.32 Å². The Labute approximate surface area is 134 Å². The SMILES string of the molecule is CC(C)OCc1ccc(C(=O)Nc2n[nH]c3ccccc23)cc1. The molecule has 0 saturated heterocycles. The lowest BCUT2D eigenvalue weighted by atomic mass is 10.1. The second-order valence-electron chi connectivity index (χ2n) is 5.63. The number of nitrogens with one attached hydrogen (secondary N) is 2. The molecule has 5 nitrogen and oxygen atoms in total. The molecule has 0 radical (unpaired) electrons. The summed E-state index contributed by atoms with van der Waals surface area (Å²) in [4.78, 5) is 12.3. The van der Waals surface area contributed by atoms with Gasteiger partial charge in [-0.15, -0.1) is 0 Å². The summed E-state index contributed by atoms with van der Waals surface area (Å²) in [5, 5.41) is 10.8. The topological polar surface area (TPSA) is 67.0 Å². The van der Waals surface area contributed by atoms with Crippen molar-refractivity contribution in [3.05, 3.63) is 59.7 Å². The fourth-order valence-corrected chi connectivity index (χ4v) is 2.25. The smallest absolute Gasteiger partial charge is 0.256 e. The molecule has 3 aromatic rings. The number of carbonyl (C=O) groups is 1. The second kappa shape index (κ2) is 6.62. The van der Waals surface area contributed by atoms with Gasteiger partial charge in [-0.25, -0.2) is 0 Å². The van der Waals surface area contributed by atoms with Crippen LogP contribution in [0.25, 0.3) is 10.9 Å². The molecule has 5 heteroatoms. The largest absolute Gasteiger partial charge is 0.374 e. The van der Waals surface area contributed by atoms with Gasteiger partial charge in [-0.2, -0.15) is 5.10 Å². The van der Waals surface area contributed by atoms with E-state index >= 15 is 0 Å². The van der Waals surface area contributed by atoms with Crippen LogP contribution in [0.5, 0.6) is 0 Å². The van der Waals surface area contributed by atoms with E-state index in [4.69, 9.17) is 4.74 Å². The minimum atomic E-state index is -0.182. The van der Waals surface area contributed by atoms with Crippen LogP contribution in [-0.2, 0) is 11.3 Å². The van der Waals surface area contributed by atoms with Gasteiger partial charge in [-0.1, -0.05) is 24.3 Å². The number of aromatic nitrogens is 2. The van der Waals surface area contributed by atoms with Crippen LogP contribution in [0.4, 0.5) is 5.82 Å². The lowest BCUT2D eigenvalue weighted by Gasteiger charge is -2.08. The van der Waals surface area contributed by atoms with Gasteiger partial charge >= 0.3 is 0 Å². The highest BCUT2D eigenvalue weighted by molar-refractivity contribution is 6.07. The fourth-order valence-electron chi connectivity index (χ4n) is 2.25. The van der Waals surface area contributed by atoms with Crippen LogP contribution < -0.4 is 5.32 Å². The molecule has 1 aromatic heterocycles. The number of anilines is 1. The number of H-pyrrole nitrogens is 1. The van der Waals surface area contributed by atoms with Crippen LogP contribution in [0.3, 0.4) is 0 Å². The molecule has 0 aliphatic carbocycles. The number of hydrogen-bond donors (Lipinski definition) is 2. The molecule has 0 saturated carbocycles. The molecule has 0 bridgehead atoms. The van der Waals surface area contributed by atoms with E-state index in [1.165, 1.54) is 0 Å². The molecule has 1 amide bonds. The summed E-state index contributed by atoms with van der Waals surface area (Å²) in [6, 6.07) is 15.1. The van der Waals surface area contributed by atoms with Crippen LogP contribution >= 0.6 is 0 Å². The Morgan fingerprint density at radius 2 is 1.91 bits per heavy atom. The number of nitrogens with zero attached hydrogens (tertiary/aromatic N) is 1. The fraction of sp³-hybridized carbons (Fsp3) is 0.222. The first-order valence-corrected chi connectivity index (χ1v) is 7.58. The maximum absolute atomic E-state index is 12.3. The standard InChI is InChI=1S/C18H19N3O2/c1-12(2)23-11-13-7-9-14(10-8-13)18(22)19-17-15-5-3-4-6-16(15)20-21-17/h3-10,12H,11H2,1-2H3,(H2,19,20,21,22). The molecule has 0 atom stereocenters. The van der Waals surface area contributed by atoms with Gasteiger partial charge in [0.25, 0.3) is 5.91 Å². The molecule has 2 N–H and O–H groups in total. The maximum Gasteiger partial charge on any atom is 0.256 e. The van der Waals surface area contributed by atoms with Crippen molar-refractivity contribution < 1.29 is 9.53 Å². The number of rotatable bonds is 5.